The standard InChI is InChI=1S/C38H30N10O9S/c1-18-13-30(49)23(38(51)52)16-29(18)43-40-25-11-7-19(14-31(25)56-2)20-8-12-26(32(15-20)57-3)41-46-36-33(58(53,54)55)17-22-21(37(36)50)9-10-24(39)34(22)45-42-27-5-4-6-28-35(27)47-48-44-28/h4-17,49-50H,39H2,1-3H3,(H,51,52)(H,44,47,48)(H,53,54,55). The number of ether oxygens (including phenoxy) is 2. The van der Waals surface area contributed by atoms with Crippen LogP contribution in [0, 0.1) is 6.92 Å². The largest absolute Gasteiger partial charge is 0.507 e. The molecular formula is C38H30N10O9S. The molecular weight excluding hydrogens is 773 g/mol. The number of nitrogens with one attached hydrogen (secondary N) is 1. The number of anilines is 1. The van der Waals surface area contributed by atoms with Gasteiger partial charge in [0.1, 0.15) is 61.7 Å². The highest BCUT2D eigenvalue weighted by Crippen LogP contribution is 2.47. The highest BCUT2D eigenvalue weighted by atomic mass is 32.2. The third-order valence-corrected chi connectivity index (χ3v) is 9.74. The van der Waals surface area contributed by atoms with E-state index in [1.54, 1.807) is 61.5 Å². The van der Waals surface area contributed by atoms with E-state index in [9.17, 15) is 33.1 Å². The average molecular weight is 803 g/mol. The number of nitrogens with two attached hydrogens (primary N) is 1. The van der Waals surface area contributed by atoms with Crippen LogP contribution in [0.25, 0.3) is 32.9 Å². The Bertz CT molecular complexity index is 3000. The van der Waals surface area contributed by atoms with E-state index < -0.39 is 32.4 Å². The van der Waals surface area contributed by atoms with Crippen LogP contribution in [-0.4, -0.2) is 63.9 Å². The Labute approximate surface area is 327 Å². The molecule has 1 aromatic heterocycles. The molecule has 7 aromatic rings. The third-order valence-electron chi connectivity index (χ3n) is 8.87. The number of methoxy groups -OCH3 is 2. The van der Waals surface area contributed by atoms with E-state index >= 15 is 0 Å². The Balaban J connectivity index is 1.21. The highest BCUT2D eigenvalue weighted by Gasteiger charge is 2.24. The number of aryl methyl sites for hydroxylation is 1. The summed E-state index contributed by atoms with van der Waals surface area (Å²) in [5.74, 6) is -1.78. The predicted octanol–water partition coefficient (Wildman–Crippen LogP) is 9.29. The maximum atomic E-state index is 12.7. The van der Waals surface area contributed by atoms with Gasteiger partial charge in [-0.2, -0.15) is 13.5 Å². The molecule has 19 nitrogen and oxygen atoms in total. The fourth-order valence-electron chi connectivity index (χ4n) is 5.92. The molecule has 292 valence electrons. The van der Waals surface area contributed by atoms with Gasteiger partial charge in [-0.05, 0) is 90.3 Å². The van der Waals surface area contributed by atoms with Crippen molar-refractivity contribution in [2.24, 2.45) is 30.7 Å². The topological polar surface area (TPSA) is 292 Å². The van der Waals surface area contributed by atoms with E-state index in [1.165, 1.54) is 38.5 Å². The number of phenols is 2. The summed E-state index contributed by atoms with van der Waals surface area (Å²) in [6, 6.07) is 21.5. The van der Waals surface area contributed by atoms with Gasteiger partial charge in [0.15, 0.2) is 5.75 Å². The Morgan fingerprint density at radius 3 is 2.00 bits per heavy atom. The summed E-state index contributed by atoms with van der Waals surface area (Å²) in [5.41, 5.74) is 9.35. The molecule has 1 heterocycles. The lowest BCUT2D eigenvalue weighted by atomic mass is 10.0. The molecule has 6 aromatic carbocycles. The van der Waals surface area contributed by atoms with Crippen molar-refractivity contribution in [3.8, 4) is 34.1 Å². The van der Waals surface area contributed by atoms with Crippen molar-refractivity contribution in [2.45, 2.75) is 11.8 Å². The Hall–Kier alpha value is -7.84. The van der Waals surface area contributed by atoms with Gasteiger partial charge in [-0.15, -0.1) is 30.7 Å². The number of hydrogen-bond donors (Lipinski definition) is 6. The molecule has 0 amide bonds. The number of azo groups is 3. The number of carboxylic acids is 1. The number of fused-ring (bicyclic) bond motifs is 2. The molecule has 7 rings (SSSR count). The average Bonchev–Trinajstić information content (AvgIpc) is 3.69. The minimum absolute atomic E-state index is 0.00782. The van der Waals surface area contributed by atoms with E-state index in [0.29, 0.717) is 44.8 Å². The molecule has 0 radical (unpaired) electrons. The van der Waals surface area contributed by atoms with Gasteiger partial charge < -0.3 is 30.5 Å². The van der Waals surface area contributed by atoms with Gasteiger partial charge in [0.2, 0.25) is 0 Å². The van der Waals surface area contributed by atoms with Gasteiger partial charge >= 0.3 is 5.97 Å². The molecule has 20 heteroatoms. The number of nitrogen functional groups attached to an aromatic ring is 1. The molecule has 0 unspecified atom stereocenters. The van der Waals surface area contributed by atoms with Crippen molar-refractivity contribution < 1.29 is 42.6 Å². The number of carbonyl (C=O) groups is 1. The number of aromatic amines is 1. The van der Waals surface area contributed by atoms with E-state index in [0.717, 1.165) is 6.07 Å². The van der Waals surface area contributed by atoms with Crippen molar-refractivity contribution in [2.75, 3.05) is 20.0 Å². The molecule has 0 aliphatic rings. The summed E-state index contributed by atoms with van der Waals surface area (Å²) in [5, 5.41) is 66.4. The van der Waals surface area contributed by atoms with Gasteiger partial charge in [-0.3, -0.25) is 9.65 Å². The summed E-state index contributed by atoms with van der Waals surface area (Å²) in [7, 11) is -2.17. The molecule has 0 atom stereocenters. The lowest BCUT2D eigenvalue weighted by Gasteiger charge is -2.12. The normalized spacial score (nSPS) is 12.1. The maximum absolute atomic E-state index is 12.7. The molecule has 0 saturated carbocycles. The summed E-state index contributed by atoms with van der Waals surface area (Å²) in [4.78, 5) is 10.7. The van der Waals surface area contributed by atoms with E-state index in [-0.39, 0.29) is 50.6 Å². The first-order valence-corrected chi connectivity index (χ1v) is 18.3. The Morgan fingerprint density at radius 1 is 0.741 bits per heavy atom. The number of carboxylic acid groups (broad SMARTS) is 1. The molecule has 58 heavy (non-hydrogen) atoms. The highest BCUT2D eigenvalue weighted by molar-refractivity contribution is 7.86. The van der Waals surface area contributed by atoms with Crippen molar-refractivity contribution >= 4 is 77.7 Å². The fourth-order valence-corrected chi connectivity index (χ4v) is 6.57. The minimum atomic E-state index is -5.01. The minimum Gasteiger partial charge on any atom is -0.507 e. The van der Waals surface area contributed by atoms with Crippen LogP contribution in [0.4, 0.5) is 39.8 Å². The second-order valence-electron chi connectivity index (χ2n) is 12.5. The number of H-pyrrole nitrogens is 1. The molecule has 0 spiro atoms. The van der Waals surface area contributed by atoms with Crippen LogP contribution in [0.1, 0.15) is 15.9 Å². The number of benzene rings is 6. The summed E-state index contributed by atoms with van der Waals surface area (Å²) >= 11 is 0. The lowest BCUT2D eigenvalue weighted by molar-refractivity contribution is 0.0693. The number of hydrogen-bond acceptors (Lipinski definition) is 16. The molecule has 0 bridgehead atoms. The SMILES string of the molecule is COc1cc(-c2ccc(N=Nc3c(S(=O)(=O)O)cc4c(N=Nc5cccc6[nH]nnc56)c(N)ccc4c3O)c(OC)c2)ccc1N=Nc1cc(C(=O)O)c(O)cc1C. The van der Waals surface area contributed by atoms with Crippen LogP contribution >= 0.6 is 0 Å². The molecule has 0 saturated heterocycles. The van der Waals surface area contributed by atoms with Crippen LogP contribution < -0.4 is 15.2 Å². The van der Waals surface area contributed by atoms with Crippen molar-refractivity contribution in [3.05, 3.63) is 96.1 Å². The van der Waals surface area contributed by atoms with E-state index in [2.05, 4.69) is 46.1 Å². The summed E-state index contributed by atoms with van der Waals surface area (Å²) in [6.45, 7) is 1.65. The van der Waals surface area contributed by atoms with Gasteiger partial charge in [-0.1, -0.05) is 23.4 Å². The number of phenolic OH excluding ortho intramolecular Hbond substituents is 1. The molecule has 0 aliphatic carbocycles. The zero-order valence-electron chi connectivity index (χ0n) is 30.5. The van der Waals surface area contributed by atoms with Crippen LogP contribution in [0.15, 0.2) is 121 Å². The maximum Gasteiger partial charge on any atom is 0.339 e. The summed E-state index contributed by atoms with van der Waals surface area (Å²) < 4.78 is 46.8. The van der Waals surface area contributed by atoms with Gasteiger partial charge in [0.25, 0.3) is 10.1 Å². The van der Waals surface area contributed by atoms with Gasteiger partial charge in [0.05, 0.1) is 31.1 Å². The van der Waals surface area contributed by atoms with Crippen LogP contribution in [0.2, 0.25) is 0 Å². The van der Waals surface area contributed by atoms with Crippen LogP contribution in [0.5, 0.6) is 23.0 Å². The fraction of sp³-hybridized carbons (Fsp3) is 0.0789. The number of aromatic carboxylic acids is 1. The second kappa shape index (κ2) is 15.4. The van der Waals surface area contributed by atoms with Crippen molar-refractivity contribution in [1.29, 1.82) is 0 Å². The number of rotatable bonds is 11. The first kappa shape index (κ1) is 38.4. The van der Waals surface area contributed by atoms with Gasteiger partial charge in [0, 0.05) is 10.8 Å². The quantitative estimate of drug-likeness (QED) is 0.0405. The molecule has 0 fully saturated rings. The van der Waals surface area contributed by atoms with Gasteiger partial charge in [-0.25, -0.2) is 4.79 Å². The zero-order valence-corrected chi connectivity index (χ0v) is 31.3. The van der Waals surface area contributed by atoms with E-state index in [1.807, 2.05) is 0 Å². The smallest absolute Gasteiger partial charge is 0.339 e. The lowest BCUT2D eigenvalue weighted by Crippen LogP contribution is -1.99. The molecule has 0 aliphatic heterocycles. The third kappa shape index (κ3) is 7.42. The summed E-state index contributed by atoms with van der Waals surface area (Å²) in [6.07, 6.45) is 0. The first-order valence-electron chi connectivity index (χ1n) is 16.8. The monoisotopic (exact) mass is 802 g/mol. The van der Waals surface area contributed by atoms with Crippen molar-refractivity contribution in [1.82, 2.24) is 15.4 Å². The number of nitrogens with zero attached hydrogens (tertiary/aromatic N) is 8. The Morgan fingerprint density at radius 2 is 1.36 bits per heavy atom. The van der Waals surface area contributed by atoms with Crippen molar-refractivity contribution in [3.63, 3.8) is 0 Å². The van der Waals surface area contributed by atoms with E-state index in [4.69, 9.17) is 15.2 Å². The second-order valence-corrected chi connectivity index (χ2v) is 13.9. The zero-order chi connectivity index (χ0) is 41.3. The number of aromatic nitrogens is 3. The van der Waals surface area contributed by atoms with Crippen LogP contribution in [-0.2, 0) is 10.1 Å². The number of aromatic hydroxyl groups is 2. The Kier molecular flexibility index (Phi) is 10.2. The predicted molar refractivity (Wildman–Crippen MR) is 211 cm³/mol. The first-order chi connectivity index (χ1) is 27.8. The molecule has 7 N–H and O–H groups in total. The van der Waals surface area contributed by atoms with Crippen LogP contribution in [0.3, 0.4) is 0 Å².